The third-order valence-corrected chi connectivity index (χ3v) is 17.6. The fourth-order valence-electron chi connectivity index (χ4n) is 13.1. The van der Waals surface area contributed by atoms with Crippen molar-refractivity contribution >= 4 is 0 Å². The summed E-state index contributed by atoms with van der Waals surface area (Å²) in [6.45, 7) is 9.23. The zero-order valence-corrected chi connectivity index (χ0v) is 58.1. The third-order valence-electron chi connectivity index (χ3n) is 17.6. The maximum absolute atomic E-state index is 13.2. The number of rotatable bonds is 18. The molecule has 0 amide bonds. The Morgan fingerprint density at radius 3 is 1.09 bits per heavy atom. The van der Waals surface area contributed by atoms with Gasteiger partial charge in [-0.25, -0.2) is 0 Å². The first-order valence-electron chi connectivity index (χ1n) is 32.2. The van der Waals surface area contributed by atoms with Crippen molar-refractivity contribution in [1.29, 1.82) is 0 Å². The van der Waals surface area contributed by atoms with Gasteiger partial charge in [-0.05, 0) is 128 Å². The van der Waals surface area contributed by atoms with E-state index < -0.39 is 23.3 Å². The molecule has 0 atom stereocenters. The van der Waals surface area contributed by atoms with Crippen molar-refractivity contribution in [3.05, 3.63) is 301 Å². The van der Waals surface area contributed by atoms with E-state index in [0.717, 1.165) is 46.8 Å². The number of hydrogen-bond donors (Lipinski definition) is 0. The van der Waals surface area contributed by atoms with E-state index in [4.69, 9.17) is 0 Å². The van der Waals surface area contributed by atoms with Crippen molar-refractivity contribution < 1.29 is 57.8 Å². The summed E-state index contributed by atoms with van der Waals surface area (Å²) in [6.07, 6.45) is 26.1. The van der Waals surface area contributed by atoms with Gasteiger partial charge in [0.2, 0.25) is 0 Å². The topological polar surface area (TPSA) is 61.4 Å². The van der Waals surface area contributed by atoms with Crippen molar-refractivity contribution in [3.63, 3.8) is 0 Å². The number of fused-ring (bicyclic) bond motifs is 6. The van der Waals surface area contributed by atoms with Gasteiger partial charge in [0.05, 0.1) is 12.4 Å². The van der Waals surface area contributed by atoms with Gasteiger partial charge in [-0.2, -0.15) is 58.7 Å². The third kappa shape index (κ3) is 16.6. The van der Waals surface area contributed by atoms with Crippen LogP contribution in [-0.2, 0) is 51.0 Å². The van der Waals surface area contributed by atoms with E-state index in [1.54, 1.807) is 48.8 Å². The molecule has 14 rings (SSSR count). The smallest absolute Gasteiger partial charge is 0.0571 e. The molecule has 96 heavy (non-hydrogen) atoms. The Hall–Kier alpha value is -8.50. The Morgan fingerprint density at radius 2 is 0.750 bits per heavy atom. The standard InChI is InChI=1S/2C30H31N2.2C11H6F2N.2CH4.2Ir/c2*1-3-5-18-30(19-6-4-2)28-15-11-10-14-26(28)27-17-16-23(20-29(27)30)24-21-31-32(22-24)25-12-8-7-9-13-25;2*12-8-4-5-9(10(13)7-8)11-3-1-2-6-14-11;;;;/h2*7-12,14-17,20-22H,3-6,18-19H2,1-2H3;2*1-4,6-7H;2*1H4;;/q4*-1;;;;. The molecule has 0 unspecified atom stereocenters. The van der Waals surface area contributed by atoms with Crippen molar-refractivity contribution in [1.82, 2.24) is 29.5 Å². The molecule has 0 N–H and O–H groups in total. The van der Waals surface area contributed by atoms with Gasteiger partial charge in [0.1, 0.15) is 0 Å². The molecule has 0 spiro atoms. The van der Waals surface area contributed by atoms with Gasteiger partial charge in [0.15, 0.2) is 0 Å². The normalized spacial score (nSPS) is 12.1. The van der Waals surface area contributed by atoms with E-state index in [1.807, 2.05) is 70.3 Å². The Bertz CT molecular complexity index is 4070. The molecule has 4 aromatic heterocycles. The number of unbranched alkanes of at least 4 members (excludes halogenated alkanes) is 4. The monoisotopic (exact) mass is 1640 g/mol. The first-order valence-corrected chi connectivity index (χ1v) is 32.2. The molecule has 0 fully saturated rings. The quantitative estimate of drug-likeness (QED) is 0.0634. The molecule has 2 aliphatic rings. The minimum atomic E-state index is -0.649. The van der Waals surface area contributed by atoms with E-state index in [-0.39, 0.29) is 77.0 Å². The zero-order valence-electron chi connectivity index (χ0n) is 53.3. The van der Waals surface area contributed by atoms with Crippen LogP contribution in [0.2, 0.25) is 0 Å². The minimum Gasteiger partial charge on any atom is -0.305 e. The summed E-state index contributed by atoms with van der Waals surface area (Å²) in [5.41, 5.74) is 20.0. The molecule has 0 saturated heterocycles. The molecular weight excluding hydrogens is 1550 g/mol. The number of halogens is 4. The second kappa shape index (κ2) is 35.5. The molecule has 12 aromatic rings. The van der Waals surface area contributed by atoms with Crippen molar-refractivity contribution in [2.24, 2.45) is 0 Å². The van der Waals surface area contributed by atoms with Gasteiger partial charge in [0, 0.05) is 110 Å². The SMILES string of the molecule is C.C.CCCCC1(CCCC)c2ccccc2-c2ccc(-c3cnn(-c4[c-]cccc4)c3)cc21.CCCCC1(CCCC)c2ccccc2-c2ccc(-c3cnn(-c4[c-]cccc4)c3)cc21.Fc1c[c-]c(-c2ccccn2)c(F)c1.Fc1c[c-]c(-c2ccccn2)c(F)c1.[Ir].[Ir]. The second-order valence-corrected chi connectivity index (χ2v) is 23.5. The van der Waals surface area contributed by atoms with Gasteiger partial charge in [-0.3, -0.25) is 26.9 Å². The molecule has 0 aliphatic heterocycles. The first-order chi connectivity index (χ1) is 45.1. The van der Waals surface area contributed by atoms with Crippen LogP contribution in [0.4, 0.5) is 17.6 Å². The summed E-state index contributed by atoms with van der Waals surface area (Å²) < 4.78 is 55.4. The van der Waals surface area contributed by atoms with Gasteiger partial charge in [0.25, 0.3) is 0 Å². The van der Waals surface area contributed by atoms with E-state index in [9.17, 15) is 17.6 Å². The van der Waals surface area contributed by atoms with Crippen LogP contribution in [0.15, 0.2) is 231 Å². The second-order valence-electron chi connectivity index (χ2n) is 23.5. The molecule has 0 bridgehead atoms. The number of pyridine rings is 2. The van der Waals surface area contributed by atoms with E-state index in [1.165, 1.54) is 133 Å². The summed E-state index contributed by atoms with van der Waals surface area (Å²) in [6, 6.07) is 73.9. The molecule has 12 heteroatoms. The molecule has 2 aliphatic carbocycles. The van der Waals surface area contributed by atoms with Crippen LogP contribution in [0.25, 0.3) is 78.4 Å². The summed E-state index contributed by atoms with van der Waals surface area (Å²) >= 11 is 0. The summed E-state index contributed by atoms with van der Waals surface area (Å²) in [7, 11) is 0. The molecule has 2 radical (unpaired) electrons. The Balaban J connectivity index is 0.000000190. The maximum atomic E-state index is 13.2. The summed E-state index contributed by atoms with van der Waals surface area (Å²) in [4.78, 5) is 7.89. The zero-order chi connectivity index (χ0) is 63.9. The molecule has 4 heterocycles. The van der Waals surface area contributed by atoms with Gasteiger partial charge < -0.3 is 9.97 Å². The van der Waals surface area contributed by atoms with Crippen molar-refractivity contribution in [3.8, 4) is 78.4 Å². The van der Waals surface area contributed by atoms with Crippen LogP contribution in [0.1, 0.15) is 142 Å². The predicted molar refractivity (Wildman–Crippen MR) is 377 cm³/mol. The van der Waals surface area contributed by atoms with E-state index in [0.29, 0.717) is 11.4 Å². The Kier molecular flexibility index (Phi) is 27.7. The van der Waals surface area contributed by atoms with Crippen LogP contribution in [-0.4, -0.2) is 29.5 Å². The average molecular weight is 1640 g/mol. The number of aromatic nitrogens is 6. The van der Waals surface area contributed by atoms with Crippen LogP contribution >= 0.6 is 0 Å². The fourth-order valence-corrected chi connectivity index (χ4v) is 13.1. The first kappa shape index (κ1) is 74.9. The summed E-state index contributed by atoms with van der Waals surface area (Å²) in [5, 5.41) is 9.23. The largest absolute Gasteiger partial charge is 0.305 e. The molecule has 6 nitrogen and oxygen atoms in total. The predicted octanol–water partition coefficient (Wildman–Crippen LogP) is 22.9. The Morgan fingerprint density at radius 1 is 0.385 bits per heavy atom. The van der Waals surface area contributed by atoms with Crippen LogP contribution < -0.4 is 0 Å². The number of benzene rings is 8. The van der Waals surface area contributed by atoms with Crippen LogP contribution in [0.5, 0.6) is 0 Å². The van der Waals surface area contributed by atoms with Crippen molar-refractivity contribution in [2.45, 2.75) is 130 Å². The maximum Gasteiger partial charge on any atom is 0.0571 e. The van der Waals surface area contributed by atoms with Gasteiger partial charge in [-0.15, -0.1) is 36.4 Å². The molecule has 498 valence electrons. The summed E-state index contributed by atoms with van der Waals surface area (Å²) in [5.74, 6) is -2.57. The molecular formula is C84H82F4Ir2N6-4. The minimum absolute atomic E-state index is 0. The molecule has 8 aromatic carbocycles. The van der Waals surface area contributed by atoms with Gasteiger partial charge in [-0.1, -0.05) is 214 Å². The average Bonchev–Trinajstić information content (AvgIpc) is 1.57. The van der Waals surface area contributed by atoms with Crippen molar-refractivity contribution in [2.75, 3.05) is 0 Å². The molecule has 0 saturated carbocycles. The van der Waals surface area contributed by atoms with E-state index in [2.05, 4.69) is 169 Å². The van der Waals surface area contributed by atoms with E-state index >= 15 is 0 Å². The number of nitrogens with zero attached hydrogens (tertiary/aromatic N) is 6. The fraction of sp³-hybridized carbons (Fsp3) is 0.238. The van der Waals surface area contributed by atoms with Crippen LogP contribution in [0.3, 0.4) is 0 Å². The van der Waals surface area contributed by atoms with Crippen LogP contribution in [0, 0.1) is 47.5 Å². The number of hydrogen-bond acceptors (Lipinski definition) is 4. The number of para-hydroxylation sites is 2. The van der Waals surface area contributed by atoms with Gasteiger partial charge >= 0.3 is 0 Å². The Labute approximate surface area is 593 Å².